The molecule has 0 radical (unpaired) electrons. The second kappa shape index (κ2) is 6.15. The summed E-state index contributed by atoms with van der Waals surface area (Å²) >= 11 is 0. The van der Waals surface area contributed by atoms with E-state index in [9.17, 15) is 24.8 Å². The highest BCUT2D eigenvalue weighted by Crippen LogP contribution is 2.28. The van der Waals surface area contributed by atoms with Gasteiger partial charge in [-0.3, -0.25) is 14.9 Å². The van der Waals surface area contributed by atoms with Crippen molar-refractivity contribution in [1.82, 2.24) is 0 Å². The fourth-order valence-corrected chi connectivity index (χ4v) is 1.21. The van der Waals surface area contributed by atoms with E-state index < -0.39 is 16.8 Å². The van der Waals surface area contributed by atoms with Crippen LogP contribution in [0.15, 0.2) is 30.4 Å². The van der Waals surface area contributed by atoms with Gasteiger partial charge >= 0.3 is 0 Å². The van der Waals surface area contributed by atoms with Crippen LogP contribution >= 0.6 is 0 Å². The molecule has 19 heavy (non-hydrogen) atoms. The fraction of sp³-hybridized carbons (Fsp3) is 0.0909. The average Bonchev–Trinajstić information content (AvgIpc) is 2.36. The summed E-state index contributed by atoms with van der Waals surface area (Å²) in [6, 6.07) is 3.84. The highest BCUT2D eigenvalue weighted by molar-refractivity contribution is 6.03. The van der Waals surface area contributed by atoms with Crippen LogP contribution in [-0.4, -0.2) is 23.9 Å². The molecule has 1 aromatic carbocycles. The van der Waals surface area contributed by atoms with Gasteiger partial charge in [-0.2, -0.15) is 0 Å². The molecule has 0 aromatic heterocycles. The van der Waals surface area contributed by atoms with Crippen molar-refractivity contribution in [1.29, 1.82) is 0 Å². The Kier molecular flexibility index (Phi) is 4.58. The molecule has 1 amide bonds. The molecule has 100 valence electrons. The maximum absolute atomic E-state index is 11.3. The summed E-state index contributed by atoms with van der Waals surface area (Å²) < 4.78 is 4.83. The first-order valence-electron chi connectivity index (χ1n) is 4.96. The number of ether oxygens (including phenoxy) is 1. The maximum Gasteiger partial charge on any atom is 0.296 e. The summed E-state index contributed by atoms with van der Waals surface area (Å²) in [6.45, 7) is 0. The van der Waals surface area contributed by atoms with Crippen molar-refractivity contribution < 1.29 is 24.4 Å². The molecule has 8 heteroatoms. The molecule has 0 spiro atoms. The van der Waals surface area contributed by atoms with E-state index in [1.54, 1.807) is 0 Å². The minimum absolute atomic E-state index is 0.0706. The Labute approximate surface area is 107 Å². The van der Waals surface area contributed by atoms with Crippen LogP contribution in [0.3, 0.4) is 0 Å². The standard InChI is InChI=1S/C11H10N2O6/c1-19-7-2-3-8(9(6-7)13(17)18)12-10(14)4-5-11(15)16/h2-6H,1H3,(H,12,14)(H,15,16)/p-1. The molecule has 0 saturated carbocycles. The van der Waals surface area contributed by atoms with Crippen molar-refractivity contribution in [2.75, 3.05) is 12.4 Å². The molecule has 0 atom stereocenters. The Morgan fingerprint density at radius 1 is 1.37 bits per heavy atom. The Bertz CT molecular complexity index is 552. The molecule has 1 rings (SSSR count). The molecule has 0 bridgehead atoms. The smallest absolute Gasteiger partial charge is 0.296 e. The van der Waals surface area contributed by atoms with Gasteiger partial charge in [-0.15, -0.1) is 0 Å². The second-order valence-corrected chi connectivity index (χ2v) is 3.28. The molecular formula is C11H9N2O6-. The van der Waals surface area contributed by atoms with Crippen molar-refractivity contribution in [2.24, 2.45) is 0 Å². The number of benzene rings is 1. The van der Waals surface area contributed by atoms with E-state index in [-0.39, 0.29) is 17.1 Å². The van der Waals surface area contributed by atoms with Gasteiger partial charge in [-0.05, 0) is 18.2 Å². The van der Waals surface area contributed by atoms with E-state index in [0.29, 0.717) is 12.2 Å². The van der Waals surface area contributed by atoms with E-state index in [1.165, 1.54) is 19.2 Å². The van der Waals surface area contributed by atoms with E-state index in [4.69, 9.17) is 4.74 Å². The van der Waals surface area contributed by atoms with Crippen molar-refractivity contribution in [3.8, 4) is 5.75 Å². The number of hydrogen-bond donors (Lipinski definition) is 1. The molecular weight excluding hydrogens is 256 g/mol. The van der Waals surface area contributed by atoms with Crippen molar-refractivity contribution >= 4 is 23.3 Å². The third kappa shape index (κ3) is 4.11. The molecule has 0 aliphatic carbocycles. The number of aliphatic carboxylic acids is 1. The average molecular weight is 265 g/mol. The normalized spacial score (nSPS) is 10.2. The lowest BCUT2D eigenvalue weighted by molar-refractivity contribution is -0.384. The molecule has 0 heterocycles. The predicted octanol–water partition coefficient (Wildman–Crippen LogP) is -0.152. The number of nitrogens with one attached hydrogen (secondary N) is 1. The minimum atomic E-state index is -1.54. The number of nitrogens with zero attached hydrogens (tertiary/aromatic N) is 1. The van der Waals surface area contributed by atoms with Gasteiger partial charge in [0.1, 0.15) is 11.4 Å². The number of amides is 1. The van der Waals surface area contributed by atoms with Gasteiger partial charge in [0.25, 0.3) is 5.69 Å². The van der Waals surface area contributed by atoms with Gasteiger partial charge in [-0.25, -0.2) is 0 Å². The number of nitro groups is 1. The number of carboxylic acid groups (broad SMARTS) is 1. The highest BCUT2D eigenvalue weighted by Gasteiger charge is 2.16. The largest absolute Gasteiger partial charge is 0.545 e. The summed E-state index contributed by atoms with van der Waals surface area (Å²) in [6.07, 6.45) is 1.22. The maximum atomic E-state index is 11.3. The van der Waals surface area contributed by atoms with Crippen LogP contribution in [0.1, 0.15) is 0 Å². The number of nitro benzene ring substituents is 1. The van der Waals surface area contributed by atoms with E-state index >= 15 is 0 Å². The lowest BCUT2D eigenvalue weighted by Crippen LogP contribution is -2.20. The van der Waals surface area contributed by atoms with Crippen LogP contribution in [0, 0.1) is 10.1 Å². The molecule has 0 saturated heterocycles. The van der Waals surface area contributed by atoms with E-state index in [0.717, 1.165) is 6.07 Å². The summed E-state index contributed by atoms with van der Waals surface area (Å²) in [7, 11) is 1.35. The number of anilines is 1. The minimum Gasteiger partial charge on any atom is -0.545 e. The number of carboxylic acids is 1. The molecule has 0 aliphatic rings. The summed E-state index contributed by atoms with van der Waals surface area (Å²) in [5.74, 6) is -2.10. The Balaban J connectivity index is 2.97. The van der Waals surface area contributed by atoms with Gasteiger partial charge in [-0.1, -0.05) is 0 Å². The number of rotatable bonds is 5. The quantitative estimate of drug-likeness (QED) is 0.448. The van der Waals surface area contributed by atoms with Gasteiger partial charge in [0.15, 0.2) is 0 Å². The topological polar surface area (TPSA) is 122 Å². The number of hydrogen-bond acceptors (Lipinski definition) is 6. The molecule has 0 aliphatic heterocycles. The van der Waals surface area contributed by atoms with Crippen LogP contribution < -0.4 is 15.2 Å². The summed E-state index contributed by atoms with van der Waals surface area (Å²) in [5, 5.41) is 23.1. The fourth-order valence-electron chi connectivity index (χ4n) is 1.21. The van der Waals surface area contributed by atoms with Crippen molar-refractivity contribution in [3.05, 3.63) is 40.5 Å². The Hall–Kier alpha value is -2.90. The summed E-state index contributed by atoms with van der Waals surface area (Å²) in [4.78, 5) is 31.5. The third-order valence-electron chi connectivity index (χ3n) is 2.03. The lowest BCUT2D eigenvalue weighted by Gasteiger charge is -2.05. The van der Waals surface area contributed by atoms with Crippen LogP contribution in [0.25, 0.3) is 0 Å². The SMILES string of the molecule is COc1ccc(NC(=O)C=CC(=O)[O-])c([N+](=O)[O-])c1. The zero-order chi connectivity index (χ0) is 14.4. The lowest BCUT2D eigenvalue weighted by atomic mass is 10.2. The number of methoxy groups -OCH3 is 1. The first-order valence-corrected chi connectivity index (χ1v) is 4.96. The van der Waals surface area contributed by atoms with E-state index in [1.807, 2.05) is 0 Å². The Morgan fingerprint density at radius 3 is 2.58 bits per heavy atom. The van der Waals surface area contributed by atoms with Gasteiger partial charge in [0, 0.05) is 6.08 Å². The van der Waals surface area contributed by atoms with Crippen LogP contribution in [0.4, 0.5) is 11.4 Å². The molecule has 8 nitrogen and oxygen atoms in total. The summed E-state index contributed by atoms with van der Waals surface area (Å²) in [5.41, 5.74) is -0.437. The zero-order valence-electron chi connectivity index (χ0n) is 9.78. The van der Waals surface area contributed by atoms with Crippen LogP contribution in [-0.2, 0) is 9.59 Å². The van der Waals surface area contributed by atoms with Crippen LogP contribution in [0.2, 0.25) is 0 Å². The number of carbonyl (C=O) groups is 2. The molecule has 1 N–H and O–H groups in total. The number of carbonyl (C=O) groups excluding carboxylic acids is 2. The van der Waals surface area contributed by atoms with Crippen LogP contribution in [0.5, 0.6) is 5.75 Å². The van der Waals surface area contributed by atoms with Crippen molar-refractivity contribution in [3.63, 3.8) is 0 Å². The van der Waals surface area contributed by atoms with E-state index in [2.05, 4.69) is 5.32 Å². The Morgan fingerprint density at radius 2 is 2.05 bits per heavy atom. The first-order chi connectivity index (χ1) is 8.93. The van der Waals surface area contributed by atoms with Gasteiger partial charge < -0.3 is 20.0 Å². The highest BCUT2D eigenvalue weighted by atomic mass is 16.6. The molecule has 0 unspecified atom stereocenters. The molecule has 0 fully saturated rings. The van der Waals surface area contributed by atoms with Gasteiger partial charge in [0.05, 0.1) is 24.1 Å². The zero-order valence-corrected chi connectivity index (χ0v) is 9.78. The third-order valence-corrected chi connectivity index (χ3v) is 2.03. The first kappa shape index (κ1) is 14.2. The second-order valence-electron chi connectivity index (χ2n) is 3.28. The molecule has 1 aromatic rings. The monoisotopic (exact) mass is 265 g/mol. The van der Waals surface area contributed by atoms with Crippen molar-refractivity contribution in [2.45, 2.75) is 0 Å². The predicted molar refractivity (Wildman–Crippen MR) is 62.4 cm³/mol. The van der Waals surface area contributed by atoms with Gasteiger partial charge in [0.2, 0.25) is 5.91 Å².